The van der Waals surface area contributed by atoms with Crippen LogP contribution in [0.15, 0.2) is 303 Å². The van der Waals surface area contributed by atoms with Crippen molar-refractivity contribution >= 4 is 57.0 Å². The Bertz CT molecular complexity index is 5300. The summed E-state index contributed by atoms with van der Waals surface area (Å²) in [6, 6.07) is 85.8. The SMILES string of the molecule is [2H]c1c([2H])c([2H])c(-c2cc(C([2H])([2H])[2H])cc(-c3cc(-c4ccccc4)cc(C(C)(C)C)c3)c2N2CN(c3cc(-c4ccccc4)cc(N(c4ccccc4)c4ccc5c(c4)N(c4cc(C([2H])([2H])[2H])c(-c6ccccc6)cn4)c4ccccc4-c4ccccc4-5)c3)c3ccccc32)c([2H])c1[2H]. The molecule has 0 saturated carbocycles. The number of hydrogen-bond donors (Lipinski definition) is 0. The van der Waals surface area contributed by atoms with E-state index in [2.05, 4.69) is 143 Å². The zero-order valence-electron chi connectivity index (χ0n) is 60.4. The molecule has 0 saturated heterocycles. The van der Waals surface area contributed by atoms with Gasteiger partial charge in [-0.1, -0.05) is 233 Å². The third-order valence-corrected chi connectivity index (χ3v) is 17.0. The van der Waals surface area contributed by atoms with Crippen LogP contribution in [0.25, 0.3) is 77.9 Å². The first kappa shape index (κ1) is 43.6. The number of aromatic nitrogens is 1. The van der Waals surface area contributed by atoms with Crippen molar-refractivity contribution < 1.29 is 15.1 Å². The molecule has 0 aliphatic carbocycles. The quantitative estimate of drug-likeness (QED) is 0.129. The van der Waals surface area contributed by atoms with E-state index in [1.807, 2.05) is 146 Å². The van der Waals surface area contributed by atoms with Gasteiger partial charge in [0.1, 0.15) is 12.5 Å². The van der Waals surface area contributed by atoms with Gasteiger partial charge in [-0.05, 0) is 171 Å². The van der Waals surface area contributed by atoms with Crippen molar-refractivity contribution in [1.29, 1.82) is 0 Å². The smallest absolute Gasteiger partial charge is 0.137 e. The highest BCUT2D eigenvalue weighted by molar-refractivity contribution is 6.04. The van der Waals surface area contributed by atoms with E-state index >= 15 is 0 Å². The first-order valence-electron chi connectivity index (χ1n) is 35.4. The van der Waals surface area contributed by atoms with E-state index in [1.54, 1.807) is 18.3 Å². The van der Waals surface area contributed by atoms with Crippen LogP contribution in [0.2, 0.25) is 0 Å². The van der Waals surface area contributed by atoms with Crippen LogP contribution in [-0.4, -0.2) is 11.7 Å². The molecule has 13 aromatic rings. The number of nitrogens with zero attached hydrogens (tertiary/aromatic N) is 5. The van der Waals surface area contributed by atoms with Gasteiger partial charge >= 0.3 is 0 Å². The summed E-state index contributed by atoms with van der Waals surface area (Å²) in [6.45, 7) is 1.29. The molecule has 2 aliphatic rings. The summed E-state index contributed by atoms with van der Waals surface area (Å²) in [4.78, 5) is 13.8. The summed E-state index contributed by atoms with van der Waals surface area (Å²) < 4.78 is 100. The molecule has 0 bridgehead atoms. The number of hydrogen-bond acceptors (Lipinski definition) is 5. The largest absolute Gasteiger partial charge is 0.321 e. The molecule has 3 heterocycles. The fourth-order valence-electron chi connectivity index (χ4n) is 12.8. The summed E-state index contributed by atoms with van der Waals surface area (Å²) in [6.07, 6.45) is 1.68. The maximum absolute atomic E-state index is 9.61. The van der Waals surface area contributed by atoms with Crippen LogP contribution >= 0.6 is 0 Å². The molecule has 89 heavy (non-hydrogen) atoms. The number of pyridine rings is 1. The average Bonchev–Trinajstić information content (AvgIpc) is 1.40. The minimum atomic E-state index is -2.70. The molecule has 0 amide bonds. The molecule has 5 heteroatoms. The van der Waals surface area contributed by atoms with Gasteiger partial charge in [0.15, 0.2) is 0 Å². The number of anilines is 10. The van der Waals surface area contributed by atoms with Crippen molar-refractivity contribution in [2.45, 2.75) is 39.9 Å². The lowest BCUT2D eigenvalue weighted by atomic mass is 9.82. The number of benzene rings is 12. The molecule has 0 fully saturated rings. The predicted octanol–water partition coefficient (Wildman–Crippen LogP) is 23.2. The lowest BCUT2D eigenvalue weighted by Gasteiger charge is -2.31. The van der Waals surface area contributed by atoms with Crippen molar-refractivity contribution in [1.82, 2.24) is 4.98 Å². The lowest BCUT2D eigenvalue weighted by molar-refractivity contribution is 0.590. The number of rotatable bonds is 11. The van der Waals surface area contributed by atoms with Gasteiger partial charge in [0.2, 0.25) is 0 Å². The zero-order valence-corrected chi connectivity index (χ0v) is 49.4. The van der Waals surface area contributed by atoms with Gasteiger partial charge in [-0.3, -0.25) is 4.90 Å². The molecule has 12 aromatic carbocycles. The van der Waals surface area contributed by atoms with E-state index < -0.39 is 49.3 Å². The van der Waals surface area contributed by atoms with Crippen molar-refractivity contribution in [3.8, 4) is 77.9 Å². The third kappa shape index (κ3) is 10.2. The van der Waals surface area contributed by atoms with Gasteiger partial charge in [-0.25, -0.2) is 4.98 Å². The van der Waals surface area contributed by atoms with Crippen LogP contribution in [0.3, 0.4) is 0 Å². The number of para-hydroxylation sites is 4. The summed E-state index contributed by atoms with van der Waals surface area (Å²) >= 11 is 0. The van der Waals surface area contributed by atoms with Gasteiger partial charge in [0, 0.05) is 65.0 Å². The maximum Gasteiger partial charge on any atom is 0.137 e. The van der Waals surface area contributed by atoms with Gasteiger partial charge in [-0.2, -0.15) is 0 Å². The third-order valence-electron chi connectivity index (χ3n) is 17.0. The zero-order chi connectivity index (χ0) is 69.5. The monoisotopic (exact) mass is 1160 g/mol. The summed E-state index contributed by atoms with van der Waals surface area (Å²) in [7, 11) is 0. The van der Waals surface area contributed by atoms with E-state index in [1.165, 1.54) is 6.07 Å². The number of aryl methyl sites for hydroxylation is 2. The average molecular weight is 1160 g/mol. The lowest BCUT2D eigenvalue weighted by Crippen LogP contribution is -2.25. The Morgan fingerprint density at radius 2 is 0.955 bits per heavy atom. The van der Waals surface area contributed by atoms with E-state index in [9.17, 15) is 2.74 Å². The van der Waals surface area contributed by atoms with Gasteiger partial charge in [0.25, 0.3) is 0 Å². The fraction of sp³-hybridized carbons (Fsp3) is 0.0833. The highest BCUT2D eigenvalue weighted by Crippen LogP contribution is 2.55. The normalized spacial score (nSPS) is 14.5. The Balaban J connectivity index is 0.964. The predicted molar refractivity (Wildman–Crippen MR) is 375 cm³/mol. The molecule has 15 rings (SSSR count). The van der Waals surface area contributed by atoms with Crippen molar-refractivity contribution in [3.63, 3.8) is 0 Å². The second-order valence-electron chi connectivity index (χ2n) is 23.7. The van der Waals surface area contributed by atoms with Crippen molar-refractivity contribution in [2.75, 3.05) is 26.3 Å². The highest BCUT2D eigenvalue weighted by Gasteiger charge is 2.34. The summed E-state index contributed by atoms with van der Waals surface area (Å²) in [5, 5.41) is 0. The number of fused-ring (bicyclic) bond motifs is 6. The van der Waals surface area contributed by atoms with Crippen LogP contribution in [-0.2, 0) is 5.41 Å². The van der Waals surface area contributed by atoms with Crippen LogP contribution in [0.4, 0.5) is 57.0 Å². The van der Waals surface area contributed by atoms with E-state index in [0.29, 0.717) is 28.2 Å². The second-order valence-corrected chi connectivity index (χ2v) is 23.7. The van der Waals surface area contributed by atoms with E-state index in [-0.39, 0.29) is 28.9 Å². The maximum atomic E-state index is 9.61. The first-order valence-corrected chi connectivity index (χ1v) is 29.9. The van der Waals surface area contributed by atoms with Gasteiger partial charge in [-0.15, -0.1) is 0 Å². The van der Waals surface area contributed by atoms with Gasteiger partial charge in [0.05, 0.1) is 35.3 Å². The second kappa shape index (κ2) is 22.7. The minimum Gasteiger partial charge on any atom is -0.321 e. The Morgan fingerprint density at radius 3 is 1.61 bits per heavy atom. The topological polar surface area (TPSA) is 25.9 Å². The van der Waals surface area contributed by atoms with Crippen LogP contribution in [0.5, 0.6) is 0 Å². The Labute approximate surface area is 538 Å². The summed E-state index contributed by atoms with van der Waals surface area (Å²) in [5.74, 6) is 0.422. The Hall–Kier alpha value is -11.0. The van der Waals surface area contributed by atoms with Gasteiger partial charge < -0.3 is 14.7 Å². The van der Waals surface area contributed by atoms with Crippen LogP contribution < -0.4 is 19.6 Å². The van der Waals surface area contributed by atoms with E-state index in [4.69, 9.17) is 17.3 Å². The molecule has 0 unspecified atom stereocenters. The van der Waals surface area contributed by atoms with E-state index in [0.717, 1.165) is 101 Å². The fourth-order valence-corrected chi connectivity index (χ4v) is 12.8. The molecule has 2 aliphatic heterocycles. The molecule has 1 aromatic heterocycles. The molecular formula is C84H67N5. The molecule has 0 atom stereocenters. The molecule has 5 nitrogen and oxygen atoms in total. The molecule has 0 N–H and O–H groups in total. The van der Waals surface area contributed by atoms with Crippen LogP contribution in [0.1, 0.15) is 52.5 Å². The van der Waals surface area contributed by atoms with Crippen LogP contribution in [0, 0.1) is 13.7 Å². The molecule has 428 valence electrons. The van der Waals surface area contributed by atoms with Crippen molar-refractivity contribution in [3.05, 3.63) is 320 Å². The highest BCUT2D eigenvalue weighted by atomic mass is 15.4. The minimum absolute atomic E-state index is 0.0621. The summed E-state index contributed by atoms with van der Waals surface area (Å²) in [5.41, 5.74) is 17.3. The molecule has 0 radical (unpaired) electrons. The molecular weight excluding hydrogens is 1080 g/mol. The Morgan fingerprint density at radius 1 is 0.393 bits per heavy atom. The Kier molecular flexibility index (Phi) is 11.1. The first-order chi connectivity index (χ1) is 48.1. The molecule has 0 spiro atoms. The standard InChI is InChI=1S/C84H67N5/c1-57-45-75(61-31-15-8-16-32-61)83(76(46-57)65-48-63(59-27-11-6-12-28-59)49-66(50-65)84(3,4)5)87-56-86(79-41-25-26-42-80(79)87)69-51-64(60-29-13-7-14-30-60)52-70(53-69)88(67-35-19-10-20-36-67)68-43-44-74-72-38-22-21-37-71(72)73-39-23-24-40-78(73)89(81(74)54-68)82-47-58(2)77(55-85-82)62-33-17-9-18-34-62/h6-55H,56H2,1-5H3/i1D3,2D3,8D,15D,16D,31D,32D. The van der Waals surface area contributed by atoms with Crippen molar-refractivity contribution in [2.24, 2.45) is 0 Å².